The lowest BCUT2D eigenvalue weighted by atomic mass is 9.82. The molecule has 0 aromatic carbocycles. The number of aromatic nitrogens is 2. The van der Waals surface area contributed by atoms with Crippen molar-refractivity contribution < 1.29 is 4.74 Å². The molecule has 2 unspecified atom stereocenters. The second-order valence-electron chi connectivity index (χ2n) is 6.28. The van der Waals surface area contributed by atoms with Gasteiger partial charge in [-0.05, 0) is 49.5 Å². The summed E-state index contributed by atoms with van der Waals surface area (Å²) in [5.74, 6) is 1.76. The molecule has 0 spiro atoms. The molecule has 0 N–H and O–H groups in total. The van der Waals surface area contributed by atoms with E-state index in [0.717, 1.165) is 36.9 Å². The summed E-state index contributed by atoms with van der Waals surface area (Å²) in [5.41, 5.74) is 2.48. The van der Waals surface area contributed by atoms with Gasteiger partial charge in [0.05, 0.1) is 5.69 Å². The molecular weight excluding hydrogens is 262 g/mol. The summed E-state index contributed by atoms with van der Waals surface area (Å²) < 4.78 is 6.06. The summed E-state index contributed by atoms with van der Waals surface area (Å²) in [6.07, 6.45) is 5.06. The minimum atomic E-state index is 0.155. The van der Waals surface area contributed by atoms with Crippen LogP contribution in [0.15, 0.2) is 0 Å². The maximum atomic E-state index is 9.49. The molecule has 1 saturated carbocycles. The summed E-state index contributed by atoms with van der Waals surface area (Å²) in [6, 6.07) is 2.27. The van der Waals surface area contributed by atoms with Gasteiger partial charge < -0.3 is 4.74 Å². The van der Waals surface area contributed by atoms with Crippen LogP contribution in [0, 0.1) is 23.2 Å². The van der Waals surface area contributed by atoms with E-state index in [0.29, 0.717) is 23.3 Å². The molecule has 1 aromatic heterocycles. The maximum absolute atomic E-state index is 9.49. The number of rotatable bonds is 4. The van der Waals surface area contributed by atoms with E-state index in [1.807, 2.05) is 13.8 Å². The van der Waals surface area contributed by atoms with Gasteiger partial charge in [-0.1, -0.05) is 27.7 Å². The normalized spacial score (nSPS) is 25.4. The number of nitrogens with zero attached hydrogens (tertiary/aromatic N) is 3. The molecule has 114 valence electrons. The van der Waals surface area contributed by atoms with E-state index in [1.165, 1.54) is 6.42 Å². The maximum Gasteiger partial charge on any atom is 0.252 e. The van der Waals surface area contributed by atoms with E-state index in [9.17, 15) is 5.26 Å². The van der Waals surface area contributed by atoms with Crippen LogP contribution in [0.4, 0.5) is 0 Å². The standard InChI is InChI=1S/C17H25N3O/c1-5-14-15(10-18)17(20-19-16(14)6-2)21-13-8-11(3)7-12(4)9-13/h11-13H,5-9H2,1-4H3. The lowest BCUT2D eigenvalue weighted by Gasteiger charge is -2.31. The molecule has 1 aliphatic carbocycles. The minimum Gasteiger partial charge on any atom is -0.472 e. The summed E-state index contributed by atoms with van der Waals surface area (Å²) >= 11 is 0. The minimum absolute atomic E-state index is 0.155. The molecule has 4 heteroatoms. The summed E-state index contributed by atoms with van der Waals surface area (Å²) in [4.78, 5) is 0. The van der Waals surface area contributed by atoms with Crippen LogP contribution in [0.2, 0.25) is 0 Å². The molecule has 0 bridgehead atoms. The number of nitriles is 1. The molecule has 1 aromatic rings. The third-order valence-electron chi connectivity index (χ3n) is 4.34. The average Bonchev–Trinajstić information content (AvgIpc) is 2.45. The first-order valence-corrected chi connectivity index (χ1v) is 8.04. The number of hydrogen-bond acceptors (Lipinski definition) is 4. The Morgan fingerprint density at radius 3 is 2.29 bits per heavy atom. The molecular formula is C17H25N3O. The lowest BCUT2D eigenvalue weighted by Crippen LogP contribution is -2.29. The van der Waals surface area contributed by atoms with Crippen molar-refractivity contribution in [2.45, 2.75) is 65.9 Å². The zero-order valence-electron chi connectivity index (χ0n) is 13.5. The predicted molar refractivity (Wildman–Crippen MR) is 82.1 cm³/mol. The molecule has 1 aliphatic rings. The van der Waals surface area contributed by atoms with Gasteiger partial charge in [0.15, 0.2) is 0 Å². The molecule has 0 amide bonds. The van der Waals surface area contributed by atoms with Gasteiger partial charge in [-0.25, -0.2) is 0 Å². The first-order chi connectivity index (χ1) is 10.1. The van der Waals surface area contributed by atoms with Crippen LogP contribution < -0.4 is 4.74 Å². The fraction of sp³-hybridized carbons (Fsp3) is 0.706. The number of aryl methyl sites for hydroxylation is 1. The Kier molecular flexibility index (Phi) is 5.17. The molecule has 1 heterocycles. The zero-order chi connectivity index (χ0) is 15.4. The first kappa shape index (κ1) is 15.8. The van der Waals surface area contributed by atoms with E-state index in [4.69, 9.17) is 4.74 Å². The highest BCUT2D eigenvalue weighted by molar-refractivity contribution is 5.46. The van der Waals surface area contributed by atoms with Gasteiger partial charge in [-0.3, -0.25) is 0 Å². The van der Waals surface area contributed by atoms with E-state index < -0.39 is 0 Å². The van der Waals surface area contributed by atoms with Gasteiger partial charge >= 0.3 is 0 Å². The van der Waals surface area contributed by atoms with Gasteiger partial charge in [0.25, 0.3) is 5.88 Å². The average molecular weight is 287 g/mol. The third-order valence-corrected chi connectivity index (χ3v) is 4.34. The first-order valence-electron chi connectivity index (χ1n) is 8.04. The topological polar surface area (TPSA) is 58.8 Å². The lowest BCUT2D eigenvalue weighted by molar-refractivity contribution is 0.0952. The SMILES string of the molecule is CCc1nnc(OC2CC(C)CC(C)C2)c(C#N)c1CC. The van der Waals surface area contributed by atoms with Gasteiger partial charge in [-0.2, -0.15) is 10.4 Å². The van der Waals surface area contributed by atoms with Gasteiger partial charge in [0.1, 0.15) is 17.7 Å². The Balaban J connectivity index is 2.26. The Bertz CT molecular complexity index is 526. The zero-order valence-corrected chi connectivity index (χ0v) is 13.5. The van der Waals surface area contributed by atoms with Crippen LogP contribution in [-0.2, 0) is 12.8 Å². The van der Waals surface area contributed by atoms with E-state index in [2.05, 4.69) is 30.1 Å². The summed E-state index contributed by atoms with van der Waals surface area (Å²) in [6.45, 7) is 8.61. The molecule has 4 nitrogen and oxygen atoms in total. The van der Waals surface area contributed by atoms with Crippen molar-refractivity contribution in [3.05, 3.63) is 16.8 Å². The van der Waals surface area contributed by atoms with Crippen molar-refractivity contribution in [3.8, 4) is 11.9 Å². The summed E-state index contributed by atoms with van der Waals surface area (Å²) in [5, 5.41) is 17.9. The van der Waals surface area contributed by atoms with Crippen LogP contribution in [0.5, 0.6) is 5.88 Å². The number of ether oxygens (including phenoxy) is 1. The quantitative estimate of drug-likeness (QED) is 0.847. The van der Waals surface area contributed by atoms with Crippen molar-refractivity contribution in [2.24, 2.45) is 11.8 Å². The fourth-order valence-electron chi connectivity index (χ4n) is 3.48. The highest BCUT2D eigenvalue weighted by atomic mass is 16.5. The molecule has 21 heavy (non-hydrogen) atoms. The van der Waals surface area contributed by atoms with Gasteiger partial charge in [0.2, 0.25) is 0 Å². The largest absolute Gasteiger partial charge is 0.472 e. The van der Waals surface area contributed by atoms with E-state index in [1.54, 1.807) is 0 Å². The van der Waals surface area contributed by atoms with Crippen LogP contribution in [0.3, 0.4) is 0 Å². The second-order valence-corrected chi connectivity index (χ2v) is 6.28. The molecule has 2 rings (SSSR count). The molecule has 0 radical (unpaired) electrons. The molecule has 2 atom stereocenters. The molecule has 0 saturated heterocycles. The Hall–Kier alpha value is -1.63. The van der Waals surface area contributed by atoms with Crippen LogP contribution >= 0.6 is 0 Å². The summed E-state index contributed by atoms with van der Waals surface area (Å²) in [7, 11) is 0. The van der Waals surface area contributed by atoms with Crippen molar-refractivity contribution in [3.63, 3.8) is 0 Å². The van der Waals surface area contributed by atoms with Crippen molar-refractivity contribution >= 4 is 0 Å². The van der Waals surface area contributed by atoms with E-state index in [-0.39, 0.29) is 6.10 Å². The predicted octanol–water partition coefficient (Wildman–Crippen LogP) is 3.68. The third kappa shape index (κ3) is 3.53. The van der Waals surface area contributed by atoms with Crippen molar-refractivity contribution in [2.75, 3.05) is 0 Å². The monoisotopic (exact) mass is 287 g/mol. The fourth-order valence-corrected chi connectivity index (χ4v) is 3.48. The van der Waals surface area contributed by atoms with Crippen LogP contribution in [0.25, 0.3) is 0 Å². The van der Waals surface area contributed by atoms with E-state index >= 15 is 0 Å². The van der Waals surface area contributed by atoms with Crippen LogP contribution in [0.1, 0.15) is 63.8 Å². The highest BCUT2D eigenvalue weighted by Gasteiger charge is 2.27. The second kappa shape index (κ2) is 6.89. The van der Waals surface area contributed by atoms with Crippen LogP contribution in [-0.4, -0.2) is 16.3 Å². The highest BCUT2D eigenvalue weighted by Crippen LogP contribution is 2.32. The van der Waals surface area contributed by atoms with Gasteiger partial charge in [0, 0.05) is 0 Å². The van der Waals surface area contributed by atoms with Crippen molar-refractivity contribution in [1.29, 1.82) is 5.26 Å². The molecule has 1 fully saturated rings. The Morgan fingerprint density at radius 1 is 1.10 bits per heavy atom. The molecule has 0 aliphatic heterocycles. The smallest absolute Gasteiger partial charge is 0.252 e. The van der Waals surface area contributed by atoms with Gasteiger partial charge in [-0.15, -0.1) is 5.10 Å². The number of hydrogen-bond donors (Lipinski definition) is 0. The van der Waals surface area contributed by atoms with Crippen molar-refractivity contribution in [1.82, 2.24) is 10.2 Å². The Labute approximate surface area is 127 Å². The Morgan fingerprint density at radius 2 is 1.76 bits per heavy atom.